The molecule has 0 bridgehead atoms. The second-order valence-electron chi connectivity index (χ2n) is 4.40. The van der Waals surface area contributed by atoms with Crippen molar-refractivity contribution in [2.45, 2.75) is 18.2 Å². The predicted octanol–water partition coefficient (Wildman–Crippen LogP) is 3.21. The number of hydrogen-bond acceptors (Lipinski definition) is 3. The van der Waals surface area contributed by atoms with E-state index in [0.717, 1.165) is 12.0 Å². The fourth-order valence-corrected chi connectivity index (χ4v) is 2.59. The van der Waals surface area contributed by atoms with Crippen molar-refractivity contribution in [3.63, 3.8) is 0 Å². The molecule has 0 heterocycles. The summed E-state index contributed by atoms with van der Waals surface area (Å²) in [5.41, 5.74) is 2.04. The van der Waals surface area contributed by atoms with Crippen molar-refractivity contribution < 1.29 is 8.42 Å². The van der Waals surface area contributed by atoms with E-state index < -0.39 is 10.0 Å². The Bertz CT molecular complexity index is 723. The largest absolute Gasteiger partial charge is 0.276 e. The topological polar surface area (TPSA) is 58.5 Å². The Morgan fingerprint density at radius 3 is 2.29 bits per heavy atom. The van der Waals surface area contributed by atoms with Gasteiger partial charge in [-0.3, -0.25) is 0 Å². The van der Waals surface area contributed by atoms with Gasteiger partial charge in [-0.05, 0) is 41.8 Å². The molecule has 0 atom stereocenters. The molecule has 4 nitrogen and oxygen atoms in total. The van der Waals surface area contributed by atoms with E-state index in [-0.39, 0.29) is 4.90 Å². The van der Waals surface area contributed by atoms with Gasteiger partial charge in [0.25, 0.3) is 10.0 Å². The first-order valence-electron chi connectivity index (χ1n) is 6.40. The van der Waals surface area contributed by atoms with Gasteiger partial charge in [0.05, 0.1) is 11.1 Å². The summed E-state index contributed by atoms with van der Waals surface area (Å²) in [6, 6.07) is 13.6. The summed E-state index contributed by atoms with van der Waals surface area (Å²) in [6.07, 6.45) is 2.42. The summed E-state index contributed by atoms with van der Waals surface area (Å²) >= 11 is 5.73. The van der Waals surface area contributed by atoms with Crippen LogP contribution < -0.4 is 4.83 Å². The normalized spacial score (nSPS) is 11.7. The molecule has 0 spiro atoms. The van der Waals surface area contributed by atoms with Gasteiger partial charge < -0.3 is 0 Å². The number of nitrogens with zero attached hydrogens (tertiary/aromatic N) is 1. The fraction of sp³-hybridized carbons (Fsp3) is 0.133. The third kappa shape index (κ3) is 4.31. The van der Waals surface area contributed by atoms with E-state index in [1.54, 1.807) is 0 Å². The fourth-order valence-electron chi connectivity index (χ4n) is 1.68. The van der Waals surface area contributed by atoms with Crippen molar-refractivity contribution in [2.75, 3.05) is 0 Å². The van der Waals surface area contributed by atoms with Crippen molar-refractivity contribution in [1.29, 1.82) is 0 Å². The summed E-state index contributed by atoms with van der Waals surface area (Å²) in [7, 11) is -3.67. The molecule has 2 aromatic rings. The zero-order chi connectivity index (χ0) is 15.3. The van der Waals surface area contributed by atoms with Crippen molar-refractivity contribution >= 4 is 27.8 Å². The molecule has 0 aromatic heterocycles. The number of hydrazone groups is 1. The van der Waals surface area contributed by atoms with Gasteiger partial charge in [-0.25, -0.2) is 4.83 Å². The molecule has 0 fully saturated rings. The lowest BCUT2D eigenvalue weighted by atomic mass is 10.1. The Morgan fingerprint density at radius 2 is 1.71 bits per heavy atom. The lowest BCUT2D eigenvalue weighted by molar-refractivity contribution is 0.584. The molecule has 0 aliphatic carbocycles. The van der Waals surface area contributed by atoms with Crippen LogP contribution in [0.3, 0.4) is 0 Å². The van der Waals surface area contributed by atoms with E-state index in [4.69, 9.17) is 11.6 Å². The van der Waals surface area contributed by atoms with Gasteiger partial charge >= 0.3 is 0 Å². The predicted molar refractivity (Wildman–Crippen MR) is 85.2 cm³/mol. The molecule has 2 rings (SSSR count). The summed E-state index contributed by atoms with van der Waals surface area (Å²) in [5.74, 6) is 0. The van der Waals surface area contributed by atoms with Crippen LogP contribution in [-0.2, 0) is 16.4 Å². The molecular formula is C15H15ClN2O2S. The van der Waals surface area contributed by atoms with Crippen molar-refractivity contribution in [3.8, 4) is 0 Å². The van der Waals surface area contributed by atoms with E-state index >= 15 is 0 Å². The number of rotatable bonds is 5. The number of aryl methyl sites for hydroxylation is 1. The highest BCUT2D eigenvalue weighted by Crippen LogP contribution is 2.13. The van der Waals surface area contributed by atoms with E-state index in [0.29, 0.717) is 5.02 Å². The summed E-state index contributed by atoms with van der Waals surface area (Å²) < 4.78 is 23.9. The Labute approximate surface area is 129 Å². The van der Waals surface area contributed by atoms with Crippen LogP contribution in [0.15, 0.2) is 58.5 Å². The molecule has 1 N–H and O–H groups in total. The molecular weight excluding hydrogens is 308 g/mol. The van der Waals surface area contributed by atoms with Gasteiger partial charge in [0, 0.05) is 5.02 Å². The average molecular weight is 323 g/mol. The first-order chi connectivity index (χ1) is 10.0. The summed E-state index contributed by atoms with van der Waals surface area (Å²) in [6.45, 7) is 2.07. The highest BCUT2D eigenvalue weighted by atomic mass is 35.5. The van der Waals surface area contributed by atoms with Crippen LogP contribution in [-0.4, -0.2) is 14.6 Å². The molecule has 110 valence electrons. The minimum Gasteiger partial charge on any atom is -0.200 e. The minimum atomic E-state index is -3.67. The lowest BCUT2D eigenvalue weighted by Crippen LogP contribution is -2.18. The third-order valence-electron chi connectivity index (χ3n) is 2.90. The van der Waals surface area contributed by atoms with Crippen molar-refractivity contribution in [2.24, 2.45) is 5.10 Å². The Morgan fingerprint density at radius 1 is 1.10 bits per heavy atom. The van der Waals surface area contributed by atoms with Crippen LogP contribution in [0.1, 0.15) is 18.1 Å². The molecule has 0 saturated heterocycles. The minimum absolute atomic E-state index is 0.116. The number of sulfonamides is 1. The standard InChI is InChI=1S/C15H15ClN2O2S/c1-2-12-3-5-13(6-4-12)11-17-18-21(19,20)15-9-7-14(16)8-10-15/h3-11,18H,2H2,1H3/b17-11-. The number of nitrogens with one attached hydrogen (secondary N) is 1. The molecule has 2 aromatic carbocycles. The third-order valence-corrected chi connectivity index (χ3v) is 4.39. The molecule has 21 heavy (non-hydrogen) atoms. The average Bonchev–Trinajstić information content (AvgIpc) is 2.48. The maximum absolute atomic E-state index is 12.0. The maximum Gasteiger partial charge on any atom is 0.276 e. The van der Waals surface area contributed by atoms with Gasteiger partial charge in [0.1, 0.15) is 0 Å². The molecule has 0 amide bonds. The van der Waals surface area contributed by atoms with Gasteiger partial charge in [-0.2, -0.15) is 13.5 Å². The van der Waals surface area contributed by atoms with E-state index in [1.165, 1.54) is 36.0 Å². The van der Waals surface area contributed by atoms with E-state index in [2.05, 4.69) is 16.9 Å². The van der Waals surface area contributed by atoms with Crippen LogP contribution in [0.2, 0.25) is 5.02 Å². The molecule has 0 radical (unpaired) electrons. The quantitative estimate of drug-likeness (QED) is 0.678. The SMILES string of the molecule is CCc1ccc(/C=N\NS(=O)(=O)c2ccc(Cl)cc2)cc1. The Balaban J connectivity index is 2.06. The second-order valence-corrected chi connectivity index (χ2v) is 6.50. The van der Waals surface area contributed by atoms with Crippen LogP contribution in [0.4, 0.5) is 0 Å². The van der Waals surface area contributed by atoms with Gasteiger partial charge in [-0.15, -0.1) is 0 Å². The summed E-state index contributed by atoms with van der Waals surface area (Å²) in [5, 5.41) is 4.25. The summed E-state index contributed by atoms with van der Waals surface area (Å²) in [4.78, 5) is 2.29. The Kier molecular flexibility index (Phi) is 4.98. The highest BCUT2D eigenvalue weighted by molar-refractivity contribution is 7.89. The second kappa shape index (κ2) is 6.74. The molecule has 0 aliphatic rings. The number of benzene rings is 2. The maximum atomic E-state index is 12.0. The zero-order valence-corrected chi connectivity index (χ0v) is 13.0. The van der Waals surface area contributed by atoms with E-state index in [9.17, 15) is 8.42 Å². The monoisotopic (exact) mass is 322 g/mol. The van der Waals surface area contributed by atoms with Crippen LogP contribution in [0, 0.1) is 0 Å². The van der Waals surface area contributed by atoms with Crippen molar-refractivity contribution in [1.82, 2.24) is 4.83 Å². The highest BCUT2D eigenvalue weighted by Gasteiger charge is 2.11. The van der Waals surface area contributed by atoms with Gasteiger partial charge in [-0.1, -0.05) is 42.8 Å². The van der Waals surface area contributed by atoms with Crippen LogP contribution >= 0.6 is 11.6 Å². The number of hydrogen-bond donors (Lipinski definition) is 1. The lowest BCUT2D eigenvalue weighted by Gasteiger charge is -2.03. The van der Waals surface area contributed by atoms with Gasteiger partial charge in [0.15, 0.2) is 0 Å². The van der Waals surface area contributed by atoms with Gasteiger partial charge in [0.2, 0.25) is 0 Å². The molecule has 0 unspecified atom stereocenters. The zero-order valence-electron chi connectivity index (χ0n) is 11.5. The molecule has 0 aliphatic heterocycles. The number of halogens is 1. The smallest absolute Gasteiger partial charge is 0.200 e. The van der Waals surface area contributed by atoms with Crippen LogP contribution in [0.5, 0.6) is 0 Å². The first kappa shape index (κ1) is 15.5. The van der Waals surface area contributed by atoms with Crippen molar-refractivity contribution in [3.05, 3.63) is 64.7 Å². The molecule has 0 saturated carbocycles. The van der Waals surface area contributed by atoms with Crippen LogP contribution in [0.25, 0.3) is 0 Å². The first-order valence-corrected chi connectivity index (χ1v) is 8.27. The van der Waals surface area contributed by atoms with E-state index in [1.807, 2.05) is 24.3 Å². The molecule has 6 heteroatoms. The Hall–Kier alpha value is -1.85.